The van der Waals surface area contributed by atoms with Crippen LogP contribution >= 0.6 is 23.8 Å². The molecule has 0 unspecified atom stereocenters. The molecule has 18 heavy (non-hydrogen) atoms. The van der Waals surface area contributed by atoms with E-state index in [1.165, 1.54) is 12.4 Å². The normalized spacial score (nSPS) is 10.1. The van der Waals surface area contributed by atoms with Crippen molar-refractivity contribution in [1.82, 2.24) is 9.97 Å². The topological polar surface area (TPSA) is 61.0 Å². The number of thiocarbonyl (C=S) groups is 1. The molecule has 6 heteroatoms. The Morgan fingerprint density at radius 2 is 2.00 bits per heavy atom. The Kier molecular flexibility index (Phi) is 4.07. The average Bonchev–Trinajstić information content (AvgIpc) is 2.38. The molecule has 2 rings (SSSR count). The van der Waals surface area contributed by atoms with Crippen molar-refractivity contribution in [3.8, 4) is 5.88 Å². The van der Waals surface area contributed by atoms with Crippen molar-refractivity contribution < 1.29 is 4.74 Å². The van der Waals surface area contributed by atoms with E-state index in [2.05, 4.69) is 9.97 Å². The van der Waals surface area contributed by atoms with Crippen molar-refractivity contribution in [2.24, 2.45) is 5.73 Å². The van der Waals surface area contributed by atoms with Crippen LogP contribution in [0.5, 0.6) is 5.88 Å². The number of hydrogen-bond donors (Lipinski definition) is 1. The predicted octanol–water partition coefficient (Wildman–Crippen LogP) is 2.34. The molecule has 0 saturated heterocycles. The van der Waals surface area contributed by atoms with Crippen LogP contribution in [-0.4, -0.2) is 15.0 Å². The van der Waals surface area contributed by atoms with E-state index in [1.54, 1.807) is 6.07 Å². The van der Waals surface area contributed by atoms with E-state index in [4.69, 9.17) is 34.3 Å². The number of benzene rings is 1. The summed E-state index contributed by atoms with van der Waals surface area (Å²) < 4.78 is 5.54. The zero-order valence-corrected chi connectivity index (χ0v) is 10.9. The van der Waals surface area contributed by atoms with Crippen LogP contribution in [0.4, 0.5) is 0 Å². The molecule has 0 saturated carbocycles. The summed E-state index contributed by atoms with van der Waals surface area (Å²) in [7, 11) is 0. The molecule has 0 aliphatic heterocycles. The number of nitrogens with zero attached hydrogens (tertiary/aromatic N) is 2. The maximum Gasteiger partial charge on any atom is 0.243 e. The van der Waals surface area contributed by atoms with Gasteiger partial charge in [-0.1, -0.05) is 42.0 Å². The molecule has 1 aromatic heterocycles. The molecule has 92 valence electrons. The second kappa shape index (κ2) is 5.75. The number of aromatic nitrogens is 2. The SMILES string of the molecule is NC(=S)c1nccnc1OCc1ccccc1Cl. The van der Waals surface area contributed by atoms with Gasteiger partial charge in [-0.3, -0.25) is 0 Å². The van der Waals surface area contributed by atoms with E-state index >= 15 is 0 Å². The minimum absolute atomic E-state index is 0.150. The lowest BCUT2D eigenvalue weighted by molar-refractivity contribution is 0.292. The van der Waals surface area contributed by atoms with E-state index in [0.29, 0.717) is 16.6 Å². The number of nitrogens with two attached hydrogens (primary N) is 1. The fourth-order valence-electron chi connectivity index (χ4n) is 1.36. The average molecular weight is 280 g/mol. The molecule has 0 bridgehead atoms. The number of hydrogen-bond acceptors (Lipinski definition) is 4. The van der Waals surface area contributed by atoms with Gasteiger partial charge in [-0.05, 0) is 6.07 Å². The molecule has 0 radical (unpaired) electrons. The third kappa shape index (κ3) is 2.94. The molecule has 0 amide bonds. The van der Waals surface area contributed by atoms with Gasteiger partial charge >= 0.3 is 0 Å². The van der Waals surface area contributed by atoms with Gasteiger partial charge in [-0.15, -0.1) is 0 Å². The number of halogens is 1. The van der Waals surface area contributed by atoms with Crippen LogP contribution in [0, 0.1) is 0 Å². The van der Waals surface area contributed by atoms with Crippen molar-refractivity contribution in [1.29, 1.82) is 0 Å². The van der Waals surface area contributed by atoms with Crippen molar-refractivity contribution in [2.75, 3.05) is 0 Å². The van der Waals surface area contributed by atoms with E-state index < -0.39 is 0 Å². The Morgan fingerprint density at radius 3 is 2.72 bits per heavy atom. The summed E-state index contributed by atoms with van der Waals surface area (Å²) >= 11 is 10.9. The summed E-state index contributed by atoms with van der Waals surface area (Å²) in [5, 5.41) is 0.637. The van der Waals surface area contributed by atoms with Crippen LogP contribution in [0.15, 0.2) is 36.7 Å². The lowest BCUT2D eigenvalue weighted by Crippen LogP contribution is -2.14. The molecule has 1 heterocycles. The van der Waals surface area contributed by atoms with E-state index in [-0.39, 0.29) is 11.6 Å². The largest absolute Gasteiger partial charge is 0.471 e. The zero-order valence-electron chi connectivity index (χ0n) is 9.34. The van der Waals surface area contributed by atoms with Gasteiger partial charge in [0.1, 0.15) is 11.6 Å². The molecule has 0 fully saturated rings. The monoisotopic (exact) mass is 279 g/mol. The van der Waals surface area contributed by atoms with Crippen LogP contribution in [0.1, 0.15) is 11.3 Å². The summed E-state index contributed by atoms with van der Waals surface area (Å²) in [5.41, 5.74) is 6.77. The number of ether oxygens (including phenoxy) is 1. The third-order valence-corrected chi connectivity index (χ3v) is 2.78. The minimum Gasteiger partial charge on any atom is -0.471 e. The van der Waals surface area contributed by atoms with Gasteiger partial charge in [0.15, 0.2) is 5.69 Å². The first kappa shape index (κ1) is 12.7. The molecular weight excluding hydrogens is 270 g/mol. The van der Waals surface area contributed by atoms with Gasteiger partial charge in [0.25, 0.3) is 0 Å². The van der Waals surface area contributed by atoms with Gasteiger partial charge in [0.2, 0.25) is 5.88 Å². The summed E-state index contributed by atoms with van der Waals surface area (Å²) in [5.74, 6) is 0.310. The Labute approximate surface area is 115 Å². The van der Waals surface area contributed by atoms with Gasteiger partial charge in [-0.25, -0.2) is 9.97 Å². The van der Waals surface area contributed by atoms with Crippen LogP contribution in [0.3, 0.4) is 0 Å². The van der Waals surface area contributed by atoms with E-state index in [1.807, 2.05) is 18.2 Å². The molecule has 0 aliphatic carbocycles. The first-order valence-corrected chi connectivity index (χ1v) is 5.94. The minimum atomic E-state index is 0.150. The van der Waals surface area contributed by atoms with Gasteiger partial charge < -0.3 is 10.5 Å². The lowest BCUT2D eigenvalue weighted by Gasteiger charge is -2.09. The highest BCUT2D eigenvalue weighted by Crippen LogP contribution is 2.18. The molecule has 0 atom stereocenters. The van der Waals surface area contributed by atoms with Gasteiger partial charge in [0, 0.05) is 23.0 Å². The molecule has 0 aliphatic rings. The Balaban J connectivity index is 2.16. The Morgan fingerprint density at radius 1 is 1.28 bits per heavy atom. The van der Waals surface area contributed by atoms with E-state index in [0.717, 1.165) is 5.56 Å². The molecule has 2 N–H and O–H groups in total. The van der Waals surface area contributed by atoms with Crippen LogP contribution in [0.25, 0.3) is 0 Å². The fourth-order valence-corrected chi connectivity index (χ4v) is 1.69. The molecule has 4 nitrogen and oxygen atoms in total. The fraction of sp³-hybridized carbons (Fsp3) is 0.0833. The Hall–Kier alpha value is -1.72. The summed E-state index contributed by atoms with van der Waals surface area (Å²) in [6.07, 6.45) is 3.03. The first-order valence-electron chi connectivity index (χ1n) is 5.15. The highest BCUT2D eigenvalue weighted by molar-refractivity contribution is 7.80. The highest BCUT2D eigenvalue weighted by atomic mass is 35.5. The van der Waals surface area contributed by atoms with Gasteiger partial charge in [0.05, 0.1) is 0 Å². The van der Waals surface area contributed by atoms with Gasteiger partial charge in [-0.2, -0.15) is 0 Å². The van der Waals surface area contributed by atoms with Crippen molar-refractivity contribution >= 4 is 28.8 Å². The summed E-state index contributed by atoms with van der Waals surface area (Å²) in [6, 6.07) is 7.41. The lowest BCUT2D eigenvalue weighted by atomic mass is 10.2. The zero-order chi connectivity index (χ0) is 13.0. The first-order chi connectivity index (χ1) is 8.68. The van der Waals surface area contributed by atoms with E-state index in [9.17, 15) is 0 Å². The second-order valence-electron chi connectivity index (χ2n) is 3.45. The number of rotatable bonds is 4. The summed E-state index contributed by atoms with van der Waals surface area (Å²) in [4.78, 5) is 8.23. The van der Waals surface area contributed by atoms with Crippen LogP contribution in [0.2, 0.25) is 5.02 Å². The van der Waals surface area contributed by atoms with Crippen molar-refractivity contribution in [3.05, 3.63) is 52.9 Å². The van der Waals surface area contributed by atoms with Crippen molar-refractivity contribution in [3.63, 3.8) is 0 Å². The quantitative estimate of drug-likeness (QED) is 0.871. The molecular formula is C12H10ClN3OS. The molecule has 2 aromatic rings. The van der Waals surface area contributed by atoms with Crippen LogP contribution in [-0.2, 0) is 6.61 Å². The molecule has 0 spiro atoms. The Bertz CT molecular complexity index is 577. The smallest absolute Gasteiger partial charge is 0.243 e. The predicted molar refractivity (Wildman–Crippen MR) is 73.7 cm³/mol. The van der Waals surface area contributed by atoms with Crippen molar-refractivity contribution in [2.45, 2.75) is 6.61 Å². The summed E-state index contributed by atoms with van der Waals surface area (Å²) in [6.45, 7) is 0.286. The highest BCUT2D eigenvalue weighted by Gasteiger charge is 2.09. The maximum absolute atomic E-state index is 6.03. The molecule has 1 aromatic carbocycles. The third-order valence-electron chi connectivity index (χ3n) is 2.22. The van der Waals surface area contributed by atoms with Crippen LogP contribution < -0.4 is 10.5 Å². The standard InChI is InChI=1S/C12H10ClN3OS/c13-9-4-2-1-3-8(9)7-17-12-10(11(14)18)15-5-6-16-12/h1-6H,7H2,(H2,14,18). The maximum atomic E-state index is 6.03. The second-order valence-corrected chi connectivity index (χ2v) is 4.30.